The van der Waals surface area contributed by atoms with E-state index >= 15 is 0 Å². The van der Waals surface area contributed by atoms with Crippen LogP contribution in [0.15, 0.2) is 30.3 Å². The third-order valence-electron chi connectivity index (χ3n) is 3.21. The third kappa shape index (κ3) is 3.74. The number of carbonyl (C=O) groups excluding carboxylic acids is 1. The van der Waals surface area contributed by atoms with Crippen LogP contribution in [0.3, 0.4) is 0 Å². The highest BCUT2D eigenvalue weighted by atomic mass is 16.6. The molecule has 4 nitrogen and oxygen atoms in total. The zero-order valence-corrected chi connectivity index (χ0v) is 10.8. The summed E-state index contributed by atoms with van der Waals surface area (Å²) in [5, 5.41) is 0. The van der Waals surface area contributed by atoms with Gasteiger partial charge in [-0.1, -0.05) is 18.2 Å². The lowest BCUT2D eigenvalue weighted by atomic mass is 10.3. The van der Waals surface area contributed by atoms with E-state index in [1.807, 2.05) is 18.2 Å². The fourth-order valence-electron chi connectivity index (χ4n) is 2.06. The number of hydrogen-bond donors (Lipinski definition) is 0. The van der Waals surface area contributed by atoms with Crippen LogP contribution in [0.5, 0.6) is 5.75 Å². The Morgan fingerprint density at radius 2 is 1.94 bits per heavy atom. The summed E-state index contributed by atoms with van der Waals surface area (Å²) in [4.78, 5) is 15.8. The lowest BCUT2D eigenvalue weighted by Gasteiger charge is -2.20. The molecule has 0 unspecified atom stereocenters. The number of benzene rings is 1. The first-order chi connectivity index (χ1) is 8.75. The van der Waals surface area contributed by atoms with E-state index in [-0.39, 0.29) is 6.09 Å². The molecule has 1 aromatic rings. The molecule has 0 saturated carbocycles. The van der Waals surface area contributed by atoms with E-state index in [2.05, 4.69) is 4.90 Å². The summed E-state index contributed by atoms with van der Waals surface area (Å²) in [5.41, 5.74) is 0. The molecule has 0 bridgehead atoms. The van der Waals surface area contributed by atoms with Crippen LogP contribution in [0.2, 0.25) is 0 Å². The van der Waals surface area contributed by atoms with E-state index in [0.717, 1.165) is 19.6 Å². The van der Waals surface area contributed by atoms with Crippen molar-refractivity contribution in [1.82, 2.24) is 9.80 Å². The van der Waals surface area contributed by atoms with E-state index < -0.39 is 0 Å². The van der Waals surface area contributed by atoms with E-state index in [1.54, 1.807) is 24.1 Å². The number of amides is 1. The van der Waals surface area contributed by atoms with Crippen molar-refractivity contribution in [2.45, 2.75) is 12.8 Å². The second kappa shape index (κ2) is 6.40. The van der Waals surface area contributed by atoms with Gasteiger partial charge >= 0.3 is 6.09 Å². The van der Waals surface area contributed by atoms with Gasteiger partial charge in [-0.2, -0.15) is 0 Å². The molecule has 18 heavy (non-hydrogen) atoms. The van der Waals surface area contributed by atoms with Crippen molar-refractivity contribution in [2.24, 2.45) is 0 Å². The first-order valence-corrected chi connectivity index (χ1v) is 6.46. The quantitative estimate of drug-likeness (QED) is 0.819. The summed E-state index contributed by atoms with van der Waals surface area (Å²) in [7, 11) is 1.78. The summed E-state index contributed by atoms with van der Waals surface area (Å²) in [6, 6.07) is 9.17. The molecule has 0 aromatic heterocycles. The lowest BCUT2D eigenvalue weighted by Crippen LogP contribution is -2.36. The van der Waals surface area contributed by atoms with Gasteiger partial charge in [0.05, 0.1) is 0 Å². The molecular weight excluding hydrogens is 228 g/mol. The van der Waals surface area contributed by atoms with E-state index in [4.69, 9.17) is 4.74 Å². The topological polar surface area (TPSA) is 32.8 Å². The van der Waals surface area contributed by atoms with Crippen LogP contribution < -0.4 is 4.74 Å². The molecule has 0 N–H and O–H groups in total. The van der Waals surface area contributed by atoms with E-state index in [9.17, 15) is 4.79 Å². The van der Waals surface area contributed by atoms with Gasteiger partial charge in [0.25, 0.3) is 0 Å². The minimum atomic E-state index is -0.291. The molecule has 1 aliphatic rings. The molecular formula is C14H20N2O2. The van der Waals surface area contributed by atoms with Gasteiger partial charge in [-0.3, -0.25) is 0 Å². The highest BCUT2D eigenvalue weighted by molar-refractivity contribution is 5.70. The first-order valence-electron chi connectivity index (χ1n) is 6.46. The molecule has 1 heterocycles. The van der Waals surface area contributed by atoms with Crippen molar-refractivity contribution in [3.63, 3.8) is 0 Å². The van der Waals surface area contributed by atoms with Gasteiger partial charge in [-0.25, -0.2) is 4.79 Å². The SMILES string of the molecule is CN(CCN1CCCC1)C(=O)Oc1ccccc1. The zero-order chi connectivity index (χ0) is 12.8. The molecule has 1 saturated heterocycles. The number of likely N-dealkylation sites (N-methyl/N-ethyl adjacent to an activating group) is 1. The van der Waals surface area contributed by atoms with Crippen LogP contribution in [-0.2, 0) is 0 Å². The van der Waals surface area contributed by atoms with Crippen molar-refractivity contribution in [3.8, 4) is 5.75 Å². The number of hydrogen-bond acceptors (Lipinski definition) is 3. The van der Waals surface area contributed by atoms with Crippen LogP contribution in [0.1, 0.15) is 12.8 Å². The van der Waals surface area contributed by atoms with Crippen LogP contribution >= 0.6 is 0 Å². The van der Waals surface area contributed by atoms with Gasteiger partial charge in [0.1, 0.15) is 5.75 Å². The van der Waals surface area contributed by atoms with Gasteiger partial charge < -0.3 is 14.5 Å². The molecule has 0 spiro atoms. The second-order valence-electron chi connectivity index (χ2n) is 4.65. The van der Waals surface area contributed by atoms with E-state index in [1.165, 1.54) is 12.8 Å². The molecule has 2 rings (SSSR count). The second-order valence-corrected chi connectivity index (χ2v) is 4.65. The first kappa shape index (κ1) is 12.9. The molecule has 4 heteroatoms. The normalized spacial score (nSPS) is 15.6. The van der Waals surface area contributed by atoms with Crippen LogP contribution in [0, 0.1) is 0 Å². The van der Waals surface area contributed by atoms with Crippen molar-refractivity contribution < 1.29 is 9.53 Å². The molecule has 98 valence electrons. The van der Waals surface area contributed by atoms with Crippen LogP contribution in [0.4, 0.5) is 4.79 Å². The highest BCUT2D eigenvalue weighted by Crippen LogP contribution is 2.10. The van der Waals surface area contributed by atoms with Gasteiger partial charge in [0, 0.05) is 20.1 Å². The summed E-state index contributed by atoms with van der Waals surface area (Å²) < 4.78 is 5.26. The summed E-state index contributed by atoms with van der Waals surface area (Å²) in [6.45, 7) is 3.95. The predicted octanol–water partition coefficient (Wildman–Crippen LogP) is 2.21. The number of rotatable bonds is 4. The molecule has 0 atom stereocenters. The average molecular weight is 248 g/mol. The Balaban J connectivity index is 1.74. The number of ether oxygens (including phenoxy) is 1. The minimum absolute atomic E-state index is 0.291. The van der Waals surface area contributed by atoms with Crippen molar-refractivity contribution in [1.29, 1.82) is 0 Å². The monoisotopic (exact) mass is 248 g/mol. The summed E-state index contributed by atoms with van der Waals surface area (Å²) in [6.07, 6.45) is 2.26. The van der Waals surface area contributed by atoms with Crippen molar-refractivity contribution in [2.75, 3.05) is 33.2 Å². The fraction of sp³-hybridized carbons (Fsp3) is 0.500. The third-order valence-corrected chi connectivity index (χ3v) is 3.21. The number of carbonyl (C=O) groups is 1. The smallest absolute Gasteiger partial charge is 0.410 e. The Bertz CT molecular complexity index is 375. The van der Waals surface area contributed by atoms with Crippen LogP contribution in [0.25, 0.3) is 0 Å². The van der Waals surface area contributed by atoms with Gasteiger partial charge in [-0.15, -0.1) is 0 Å². The van der Waals surface area contributed by atoms with Gasteiger partial charge in [0.2, 0.25) is 0 Å². The van der Waals surface area contributed by atoms with E-state index in [0.29, 0.717) is 12.3 Å². The predicted molar refractivity (Wildman–Crippen MR) is 70.8 cm³/mol. The standard InChI is InChI=1S/C14H20N2O2/c1-15(11-12-16-9-5-6-10-16)14(17)18-13-7-3-2-4-8-13/h2-4,7-8H,5-6,9-12H2,1H3. The lowest BCUT2D eigenvalue weighted by molar-refractivity contribution is 0.157. The van der Waals surface area contributed by atoms with Gasteiger partial charge in [0.15, 0.2) is 0 Å². The maximum Gasteiger partial charge on any atom is 0.415 e. The summed E-state index contributed by atoms with van der Waals surface area (Å²) >= 11 is 0. The Morgan fingerprint density at radius 3 is 2.61 bits per heavy atom. The Labute approximate surface area is 108 Å². The Morgan fingerprint density at radius 1 is 1.28 bits per heavy atom. The molecule has 1 fully saturated rings. The Kier molecular flexibility index (Phi) is 4.59. The maximum atomic E-state index is 11.8. The molecule has 0 aliphatic carbocycles. The molecule has 0 radical (unpaired) electrons. The molecule has 1 amide bonds. The van der Waals surface area contributed by atoms with Crippen molar-refractivity contribution in [3.05, 3.63) is 30.3 Å². The molecule has 1 aromatic carbocycles. The minimum Gasteiger partial charge on any atom is -0.410 e. The molecule has 1 aliphatic heterocycles. The zero-order valence-electron chi connectivity index (χ0n) is 10.8. The fourth-order valence-corrected chi connectivity index (χ4v) is 2.06. The van der Waals surface area contributed by atoms with Crippen molar-refractivity contribution >= 4 is 6.09 Å². The van der Waals surface area contributed by atoms with Gasteiger partial charge in [-0.05, 0) is 38.1 Å². The number of nitrogens with zero attached hydrogens (tertiary/aromatic N) is 2. The summed E-state index contributed by atoms with van der Waals surface area (Å²) in [5.74, 6) is 0.593. The van der Waals surface area contributed by atoms with Crippen LogP contribution in [-0.4, -0.2) is 49.1 Å². The largest absolute Gasteiger partial charge is 0.415 e. The average Bonchev–Trinajstić information content (AvgIpc) is 2.90. The maximum absolute atomic E-state index is 11.8. The number of likely N-dealkylation sites (tertiary alicyclic amines) is 1. The highest BCUT2D eigenvalue weighted by Gasteiger charge is 2.15. The Hall–Kier alpha value is -1.55. The number of para-hydroxylation sites is 1.